The van der Waals surface area contributed by atoms with Crippen LogP contribution in [0.4, 0.5) is 0 Å². The number of hydrogen-bond acceptors (Lipinski definition) is 3. The Balaban J connectivity index is 3.93. The normalized spacial score (nSPS) is 16.8. The van der Waals surface area contributed by atoms with Gasteiger partial charge in [-0.25, -0.2) is 0 Å². The molecule has 4 nitrogen and oxygen atoms in total. The van der Waals surface area contributed by atoms with Crippen LogP contribution < -0.4 is 5.32 Å². The van der Waals surface area contributed by atoms with E-state index in [0.717, 1.165) is 0 Å². The lowest BCUT2D eigenvalue weighted by molar-refractivity contribution is -0.123. The molecule has 74 valence electrons. The van der Waals surface area contributed by atoms with Gasteiger partial charge < -0.3 is 5.32 Å². The largest absolute Gasteiger partial charge is 0.352 e. The van der Waals surface area contributed by atoms with Crippen LogP contribution in [-0.4, -0.2) is 28.2 Å². The first-order valence-corrected chi connectivity index (χ1v) is 5.70. The first kappa shape index (κ1) is 12.1. The molecule has 0 spiro atoms. The third-order valence-corrected chi connectivity index (χ3v) is 2.43. The van der Waals surface area contributed by atoms with Gasteiger partial charge in [0, 0.05) is 28.9 Å². The third kappa shape index (κ3) is 5.36. The summed E-state index contributed by atoms with van der Waals surface area (Å²) < 4.78 is 10.8. The van der Waals surface area contributed by atoms with Crippen LogP contribution in [-0.2, 0) is 15.6 Å². The average molecular weight is 202 g/mol. The van der Waals surface area contributed by atoms with Crippen molar-refractivity contribution < 1.29 is 9.00 Å². The highest BCUT2D eigenvalue weighted by Gasteiger charge is 2.14. The molecule has 0 fully saturated rings. The van der Waals surface area contributed by atoms with Gasteiger partial charge in [-0.05, 0) is 13.8 Å². The minimum atomic E-state index is -0.925. The van der Waals surface area contributed by atoms with E-state index in [-0.39, 0.29) is 11.9 Å². The Morgan fingerprint density at radius 2 is 2.15 bits per heavy atom. The number of nitriles is 1. The molecule has 1 N–H and O–H groups in total. The highest BCUT2D eigenvalue weighted by atomic mass is 32.2. The number of nitrogens with one attached hydrogen (secondary N) is 1. The molecule has 3 unspecified atom stereocenters. The standard InChI is InChI=1S/C8H14N2O2S/c1-6(4-9)8(11)10-7(2)5-13(3)12/h6-7H,5H2,1-3H3,(H,10,11). The predicted molar refractivity (Wildman–Crippen MR) is 51.3 cm³/mol. The molecule has 0 saturated heterocycles. The molecule has 0 aromatic rings. The summed E-state index contributed by atoms with van der Waals surface area (Å²) in [6.45, 7) is 3.30. The van der Waals surface area contributed by atoms with Crippen LogP contribution in [0.15, 0.2) is 0 Å². The molecule has 3 atom stereocenters. The van der Waals surface area contributed by atoms with Crippen molar-refractivity contribution in [3.8, 4) is 6.07 Å². The van der Waals surface area contributed by atoms with E-state index in [1.54, 1.807) is 13.2 Å². The summed E-state index contributed by atoms with van der Waals surface area (Å²) in [5.41, 5.74) is 0. The molecule has 1 amide bonds. The van der Waals surface area contributed by atoms with E-state index < -0.39 is 16.7 Å². The Labute approximate surface area is 80.8 Å². The van der Waals surface area contributed by atoms with Crippen LogP contribution in [0.2, 0.25) is 0 Å². The first-order chi connectivity index (χ1) is 5.97. The lowest BCUT2D eigenvalue weighted by Crippen LogP contribution is -2.38. The second-order valence-electron chi connectivity index (χ2n) is 3.00. The van der Waals surface area contributed by atoms with Crippen molar-refractivity contribution in [3.05, 3.63) is 0 Å². The fourth-order valence-corrected chi connectivity index (χ4v) is 1.61. The molecule has 0 aliphatic heterocycles. The van der Waals surface area contributed by atoms with Gasteiger partial charge >= 0.3 is 0 Å². The zero-order chi connectivity index (χ0) is 10.4. The van der Waals surface area contributed by atoms with Crippen LogP contribution in [0.1, 0.15) is 13.8 Å². The Morgan fingerprint density at radius 1 is 1.62 bits per heavy atom. The van der Waals surface area contributed by atoms with Crippen molar-refractivity contribution in [1.29, 1.82) is 5.26 Å². The molecule has 0 heterocycles. The van der Waals surface area contributed by atoms with Crippen molar-refractivity contribution in [2.24, 2.45) is 5.92 Å². The van der Waals surface area contributed by atoms with Gasteiger partial charge in [-0.3, -0.25) is 9.00 Å². The fraction of sp³-hybridized carbons (Fsp3) is 0.750. The SMILES string of the molecule is CC(CS(C)=O)NC(=O)C(C)C#N. The Kier molecular flexibility index (Phi) is 5.31. The molecule has 5 heteroatoms. The molecular formula is C8H14N2O2S. The molecule has 0 saturated carbocycles. The monoisotopic (exact) mass is 202 g/mol. The molecule has 0 radical (unpaired) electrons. The third-order valence-electron chi connectivity index (χ3n) is 1.46. The number of hydrogen-bond donors (Lipinski definition) is 1. The van der Waals surface area contributed by atoms with E-state index >= 15 is 0 Å². The first-order valence-electron chi connectivity index (χ1n) is 3.97. The molecular weight excluding hydrogens is 188 g/mol. The van der Waals surface area contributed by atoms with Crippen LogP contribution in [0, 0.1) is 17.2 Å². The summed E-state index contributed by atoms with van der Waals surface area (Å²) in [4.78, 5) is 11.1. The lowest BCUT2D eigenvalue weighted by Gasteiger charge is -2.12. The van der Waals surface area contributed by atoms with Gasteiger partial charge in [0.25, 0.3) is 0 Å². The summed E-state index contributed by atoms with van der Waals surface area (Å²) in [6, 6.07) is 1.69. The van der Waals surface area contributed by atoms with Gasteiger partial charge in [-0.15, -0.1) is 0 Å². The van der Waals surface area contributed by atoms with Crippen LogP contribution >= 0.6 is 0 Å². The second-order valence-corrected chi connectivity index (χ2v) is 4.48. The van der Waals surface area contributed by atoms with Crippen LogP contribution in [0.3, 0.4) is 0 Å². The Morgan fingerprint density at radius 3 is 2.54 bits per heavy atom. The van der Waals surface area contributed by atoms with Crippen LogP contribution in [0.25, 0.3) is 0 Å². The molecule has 0 aromatic carbocycles. The van der Waals surface area contributed by atoms with Gasteiger partial charge in [-0.1, -0.05) is 0 Å². The van der Waals surface area contributed by atoms with E-state index in [1.807, 2.05) is 6.07 Å². The molecule has 0 aliphatic rings. The minimum absolute atomic E-state index is 0.144. The number of carbonyl (C=O) groups is 1. The summed E-state index contributed by atoms with van der Waals surface area (Å²) in [6.07, 6.45) is 1.58. The summed E-state index contributed by atoms with van der Waals surface area (Å²) >= 11 is 0. The molecule has 0 aromatic heterocycles. The average Bonchev–Trinajstić information content (AvgIpc) is 2.01. The highest BCUT2D eigenvalue weighted by molar-refractivity contribution is 7.84. The number of carbonyl (C=O) groups excluding carboxylic acids is 1. The van der Waals surface area contributed by atoms with E-state index in [9.17, 15) is 9.00 Å². The second kappa shape index (κ2) is 5.70. The van der Waals surface area contributed by atoms with Crippen molar-refractivity contribution in [2.75, 3.05) is 12.0 Å². The van der Waals surface area contributed by atoms with Gasteiger partial charge in [0.2, 0.25) is 5.91 Å². The lowest BCUT2D eigenvalue weighted by atomic mass is 10.2. The van der Waals surface area contributed by atoms with Gasteiger partial charge in [0.15, 0.2) is 0 Å². The van der Waals surface area contributed by atoms with Crippen molar-refractivity contribution in [2.45, 2.75) is 19.9 Å². The Hall–Kier alpha value is -0.890. The fourth-order valence-electron chi connectivity index (χ4n) is 0.820. The van der Waals surface area contributed by atoms with E-state index in [1.165, 1.54) is 6.92 Å². The van der Waals surface area contributed by atoms with Gasteiger partial charge in [0.05, 0.1) is 6.07 Å². The molecule has 13 heavy (non-hydrogen) atoms. The molecule has 0 rings (SSSR count). The van der Waals surface area contributed by atoms with Gasteiger partial charge in [-0.2, -0.15) is 5.26 Å². The number of amides is 1. The van der Waals surface area contributed by atoms with Gasteiger partial charge in [0.1, 0.15) is 5.92 Å². The zero-order valence-corrected chi connectivity index (χ0v) is 8.85. The highest BCUT2D eigenvalue weighted by Crippen LogP contribution is 1.93. The molecule has 0 aliphatic carbocycles. The summed E-state index contributed by atoms with van der Waals surface area (Å²) in [5, 5.41) is 11.0. The smallest absolute Gasteiger partial charge is 0.237 e. The Bertz CT molecular complexity index is 247. The minimum Gasteiger partial charge on any atom is -0.352 e. The maximum absolute atomic E-state index is 11.1. The maximum Gasteiger partial charge on any atom is 0.237 e. The maximum atomic E-state index is 11.1. The van der Waals surface area contributed by atoms with E-state index in [4.69, 9.17) is 5.26 Å². The quantitative estimate of drug-likeness (QED) is 0.699. The zero-order valence-electron chi connectivity index (χ0n) is 8.03. The van der Waals surface area contributed by atoms with Crippen LogP contribution in [0.5, 0.6) is 0 Å². The number of rotatable bonds is 4. The topological polar surface area (TPSA) is 70.0 Å². The summed E-state index contributed by atoms with van der Waals surface area (Å²) in [7, 11) is -0.925. The summed E-state index contributed by atoms with van der Waals surface area (Å²) in [5.74, 6) is -0.530. The number of nitrogens with zero attached hydrogens (tertiary/aromatic N) is 1. The van der Waals surface area contributed by atoms with Crippen molar-refractivity contribution >= 4 is 16.7 Å². The van der Waals surface area contributed by atoms with Crippen molar-refractivity contribution in [1.82, 2.24) is 5.32 Å². The van der Waals surface area contributed by atoms with E-state index in [2.05, 4.69) is 5.32 Å². The van der Waals surface area contributed by atoms with E-state index in [0.29, 0.717) is 5.75 Å². The van der Waals surface area contributed by atoms with Crippen molar-refractivity contribution in [3.63, 3.8) is 0 Å². The molecule has 0 bridgehead atoms. The predicted octanol–water partition coefficient (Wildman–Crippen LogP) is 0.0293.